The van der Waals surface area contributed by atoms with Gasteiger partial charge in [0.2, 0.25) is 0 Å². The third-order valence-electron chi connectivity index (χ3n) is 3.20. The quantitative estimate of drug-likeness (QED) is 0.887. The Morgan fingerprint density at radius 3 is 2.48 bits per heavy atom. The second-order valence-corrected chi connectivity index (χ2v) is 4.96. The topological polar surface area (TPSA) is 64.3 Å². The third-order valence-corrected chi connectivity index (χ3v) is 3.20. The highest BCUT2D eigenvalue weighted by atomic mass is 16.5. The van der Waals surface area contributed by atoms with Crippen LogP contribution < -0.4 is 15.8 Å². The van der Waals surface area contributed by atoms with Crippen molar-refractivity contribution in [3.05, 3.63) is 59.2 Å². The summed E-state index contributed by atoms with van der Waals surface area (Å²) in [5.74, 6) is 0.579. The van der Waals surface area contributed by atoms with Crippen LogP contribution in [0.4, 0.5) is 5.69 Å². The van der Waals surface area contributed by atoms with Crippen LogP contribution in [0.3, 0.4) is 0 Å². The van der Waals surface area contributed by atoms with Gasteiger partial charge in [-0.05, 0) is 42.7 Å². The van der Waals surface area contributed by atoms with Crippen LogP contribution in [-0.4, -0.2) is 12.5 Å². The van der Waals surface area contributed by atoms with Gasteiger partial charge >= 0.3 is 0 Å². The maximum atomic E-state index is 11.9. The zero-order valence-corrected chi connectivity index (χ0v) is 12.3. The first-order chi connectivity index (χ1) is 10.1. The Balaban J connectivity index is 1.96. The lowest BCUT2D eigenvalue weighted by atomic mass is 10.1. The van der Waals surface area contributed by atoms with Crippen molar-refractivity contribution in [3.8, 4) is 5.75 Å². The highest BCUT2D eigenvalue weighted by Crippen LogP contribution is 2.22. The van der Waals surface area contributed by atoms with E-state index >= 15 is 0 Å². The Hall–Kier alpha value is -2.33. The lowest BCUT2D eigenvalue weighted by molar-refractivity contribution is -0.118. The molecule has 0 spiro atoms. The number of hydrogen-bond donors (Lipinski definition) is 2. The molecule has 0 saturated heterocycles. The van der Waals surface area contributed by atoms with Crippen LogP contribution in [0.5, 0.6) is 5.75 Å². The third kappa shape index (κ3) is 4.07. The average molecular weight is 284 g/mol. The fraction of sp³-hybridized carbons (Fsp3) is 0.235. The van der Waals surface area contributed by atoms with Gasteiger partial charge in [0, 0.05) is 12.2 Å². The molecule has 4 heteroatoms. The number of aryl methyl sites for hydroxylation is 2. The first-order valence-corrected chi connectivity index (χ1v) is 6.88. The molecule has 2 aromatic carbocycles. The maximum Gasteiger partial charge on any atom is 0.262 e. The van der Waals surface area contributed by atoms with Crippen molar-refractivity contribution in [1.29, 1.82) is 0 Å². The molecule has 0 aromatic heterocycles. The molecule has 0 bridgehead atoms. The Morgan fingerprint density at radius 1 is 1.14 bits per heavy atom. The van der Waals surface area contributed by atoms with Crippen LogP contribution >= 0.6 is 0 Å². The molecule has 110 valence electrons. The molecule has 3 N–H and O–H groups in total. The van der Waals surface area contributed by atoms with E-state index in [9.17, 15) is 4.79 Å². The van der Waals surface area contributed by atoms with E-state index in [-0.39, 0.29) is 12.5 Å². The Labute approximate surface area is 124 Å². The number of rotatable bonds is 5. The van der Waals surface area contributed by atoms with Gasteiger partial charge in [-0.15, -0.1) is 0 Å². The number of carbonyl (C=O) groups is 1. The molecule has 0 unspecified atom stereocenters. The van der Waals surface area contributed by atoms with Crippen LogP contribution in [0.25, 0.3) is 0 Å². The van der Waals surface area contributed by atoms with E-state index < -0.39 is 0 Å². The van der Waals surface area contributed by atoms with E-state index in [1.165, 1.54) is 0 Å². The highest BCUT2D eigenvalue weighted by molar-refractivity contribution is 5.91. The summed E-state index contributed by atoms with van der Waals surface area (Å²) in [5, 5.41) is 2.81. The van der Waals surface area contributed by atoms with Crippen LogP contribution in [0.2, 0.25) is 0 Å². The van der Waals surface area contributed by atoms with Crippen molar-refractivity contribution in [2.45, 2.75) is 20.4 Å². The van der Waals surface area contributed by atoms with Crippen molar-refractivity contribution in [1.82, 2.24) is 0 Å². The molecule has 0 aliphatic heterocycles. The van der Waals surface area contributed by atoms with Crippen molar-refractivity contribution in [2.75, 3.05) is 11.9 Å². The van der Waals surface area contributed by atoms with E-state index in [2.05, 4.69) is 5.32 Å². The van der Waals surface area contributed by atoms with Crippen molar-refractivity contribution in [2.24, 2.45) is 5.73 Å². The number of anilines is 1. The predicted molar refractivity (Wildman–Crippen MR) is 84.4 cm³/mol. The fourth-order valence-corrected chi connectivity index (χ4v) is 2.14. The summed E-state index contributed by atoms with van der Waals surface area (Å²) >= 11 is 0. The van der Waals surface area contributed by atoms with Gasteiger partial charge in [0.05, 0.1) is 0 Å². The number of para-hydroxylation sites is 1. The molecule has 2 aromatic rings. The molecule has 0 fully saturated rings. The van der Waals surface area contributed by atoms with E-state index in [1.807, 2.05) is 56.3 Å². The van der Waals surface area contributed by atoms with E-state index in [0.717, 1.165) is 28.1 Å². The minimum absolute atomic E-state index is 0.0153. The van der Waals surface area contributed by atoms with Crippen LogP contribution in [0.1, 0.15) is 16.7 Å². The number of amides is 1. The first kappa shape index (κ1) is 15.1. The summed E-state index contributed by atoms with van der Waals surface area (Å²) in [6.45, 7) is 4.36. The number of nitrogens with one attached hydrogen (secondary N) is 1. The number of benzene rings is 2. The number of hydrogen-bond acceptors (Lipinski definition) is 3. The Bertz CT molecular complexity index is 618. The zero-order chi connectivity index (χ0) is 15.2. The molecule has 4 nitrogen and oxygen atoms in total. The van der Waals surface area contributed by atoms with Gasteiger partial charge in [0.15, 0.2) is 6.61 Å². The van der Waals surface area contributed by atoms with Crippen molar-refractivity contribution >= 4 is 11.6 Å². The number of ether oxygens (including phenoxy) is 1. The smallest absolute Gasteiger partial charge is 0.262 e. The Kier molecular flexibility index (Phi) is 4.95. The van der Waals surface area contributed by atoms with E-state index in [0.29, 0.717) is 6.54 Å². The molecule has 0 saturated carbocycles. The highest BCUT2D eigenvalue weighted by Gasteiger charge is 2.07. The molecule has 1 amide bonds. The van der Waals surface area contributed by atoms with Crippen molar-refractivity contribution in [3.63, 3.8) is 0 Å². The van der Waals surface area contributed by atoms with Gasteiger partial charge in [-0.2, -0.15) is 0 Å². The normalized spacial score (nSPS) is 10.2. The second kappa shape index (κ2) is 6.90. The van der Waals surface area contributed by atoms with Gasteiger partial charge in [-0.25, -0.2) is 0 Å². The summed E-state index contributed by atoms with van der Waals surface area (Å²) in [6, 6.07) is 13.4. The summed E-state index contributed by atoms with van der Waals surface area (Å²) in [7, 11) is 0. The van der Waals surface area contributed by atoms with Gasteiger partial charge < -0.3 is 15.8 Å². The van der Waals surface area contributed by atoms with Crippen LogP contribution in [0, 0.1) is 13.8 Å². The minimum Gasteiger partial charge on any atom is -0.483 e. The van der Waals surface area contributed by atoms with Crippen LogP contribution in [-0.2, 0) is 11.3 Å². The monoisotopic (exact) mass is 284 g/mol. The molecule has 21 heavy (non-hydrogen) atoms. The predicted octanol–water partition coefficient (Wildman–Crippen LogP) is 2.78. The van der Waals surface area contributed by atoms with Gasteiger partial charge in [0.25, 0.3) is 5.91 Å². The summed E-state index contributed by atoms with van der Waals surface area (Å²) < 4.78 is 5.62. The minimum atomic E-state index is -0.188. The van der Waals surface area contributed by atoms with E-state index in [1.54, 1.807) is 0 Å². The number of carbonyl (C=O) groups excluding carboxylic acids is 1. The Morgan fingerprint density at radius 2 is 1.81 bits per heavy atom. The van der Waals surface area contributed by atoms with Crippen LogP contribution in [0.15, 0.2) is 42.5 Å². The molecule has 0 aliphatic rings. The van der Waals surface area contributed by atoms with Gasteiger partial charge in [-0.3, -0.25) is 4.79 Å². The van der Waals surface area contributed by atoms with Gasteiger partial charge in [0.1, 0.15) is 5.75 Å². The van der Waals surface area contributed by atoms with Gasteiger partial charge in [-0.1, -0.05) is 30.3 Å². The largest absolute Gasteiger partial charge is 0.483 e. The van der Waals surface area contributed by atoms with E-state index in [4.69, 9.17) is 10.5 Å². The summed E-state index contributed by atoms with van der Waals surface area (Å²) in [4.78, 5) is 11.9. The SMILES string of the molecule is Cc1cccc(C)c1OCC(=O)Nc1cccc(CN)c1. The lowest BCUT2D eigenvalue weighted by Crippen LogP contribution is -2.20. The first-order valence-electron chi connectivity index (χ1n) is 6.88. The molecule has 0 radical (unpaired) electrons. The molecule has 2 rings (SSSR count). The lowest BCUT2D eigenvalue weighted by Gasteiger charge is -2.12. The zero-order valence-electron chi connectivity index (χ0n) is 12.3. The standard InChI is InChI=1S/C17H20N2O2/c1-12-5-3-6-13(2)17(12)21-11-16(20)19-15-8-4-7-14(9-15)10-18/h3-9H,10-11,18H2,1-2H3,(H,19,20). The molecule has 0 heterocycles. The van der Waals surface area contributed by atoms with Crippen molar-refractivity contribution < 1.29 is 9.53 Å². The number of nitrogens with two attached hydrogens (primary N) is 1. The average Bonchev–Trinajstić information content (AvgIpc) is 2.47. The summed E-state index contributed by atoms with van der Waals surface area (Å²) in [6.07, 6.45) is 0. The fourth-order valence-electron chi connectivity index (χ4n) is 2.14. The molecule has 0 atom stereocenters. The second-order valence-electron chi connectivity index (χ2n) is 4.96. The summed E-state index contributed by atoms with van der Waals surface area (Å²) in [5.41, 5.74) is 9.33. The maximum absolute atomic E-state index is 11.9. The molecular formula is C17H20N2O2. The molecular weight excluding hydrogens is 264 g/mol. The molecule has 0 aliphatic carbocycles.